The molecule has 0 saturated heterocycles. The maximum atomic E-state index is 13.7. The first-order valence-corrected chi connectivity index (χ1v) is 56.7. The Balaban J connectivity index is 0.000000208. The fraction of sp³-hybridized carbons (Fsp3) is 0.454. The number of nitrogens with two attached hydrogens (primary N) is 1. The maximum absolute atomic E-state index is 13.7. The van der Waals surface area contributed by atoms with Gasteiger partial charge >= 0.3 is 17.9 Å². The van der Waals surface area contributed by atoms with Crippen molar-refractivity contribution in [1.82, 2.24) is 0 Å². The molecular weight excluding hydrogens is 1890 g/mol. The van der Waals surface area contributed by atoms with Gasteiger partial charge in [0.1, 0.15) is 45.6 Å². The maximum Gasteiger partial charge on any atom is 0.338 e. The van der Waals surface area contributed by atoms with E-state index in [2.05, 4.69) is 162 Å². The SMILES string of the molecule is CCC[C@](O)(CCc1ccccc1)CC(=O)C(C(OC)OC)[C@@H](CC)c1cccc(C)c1.CCC[C@](O)(CCc1ccccc1)CC(=O)C[C@@H](CC)c1cccc(C)c1.CCC[C@]1(CCc2ccccc2)CC(O)=C([C@@H](CC)c2cccc(C)c2)C(=O)O1.CCC[C@]1(CCc2ccccc2)CC(O)=C([C@@H](CC)c2cccc(N)c2)C(=O)O1.CCC[C@]1(CCc2ccccc2)CC(O)=C([C@@H](CC)c2cccc(NS(C)(=O)=O)c2)C(=O)O1. The van der Waals surface area contributed by atoms with Crippen LogP contribution in [0.4, 0.5) is 11.4 Å². The van der Waals surface area contributed by atoms with E-state index in [1.54, 1.807) is 32.4 Å². The van der Waals surface area contributed by atoms with Gasteiger partial charge in [-0.1, -0.05) is 367 Å². The number of aliphatic hydroxyl groups is 5. The van der Waals surface area contributed by atoms with Crippen LogP contribution in [0.5, 0.6) is 0 Å². The number of nitrogens with one attached hydrogen (secondary N) is 1. The fourth-order valence-electron chi connectivity index (χ4n) is 22.3. The molecule has 0 aromatic heterocycles. The molecule has 0 fully saturated rings. The Bertz CT molecular complexity index is 5940. The van der Waals surface area contributed by atoms with Crippen LogP contribution in [-0.2, 0) is 89.8 Å². The summed E-state index contributed by atoms with van der Waals surface area (Å²) < 4.78 is 55.1. The molecule has 3 heterocycles. The molecule has 150 heavy (non-hydrogen) atoms. The molecule has 0 spiro atoms. The molecule has 0 saturated carbocycles. The number of sulfonamides is 1. The van der Waals surface area contributed by atoms with Crippen LogP contribution in [0.15, 0.2) is 307 Å². The van der Waals surface area contributed by atoms with Gasteiger partial charge in [-0.15, -0.1) is 0 Å². The van der Waals surface area contributed by atoms with Crippen molar-refractivity contribution in [2.45, 2.75) is 353 Å². The smallest absolute Gasteiger partial charge is 0.338 e. The minimum atomic E-state index is -3.43. The highest BCUT2D eigenvalue weighted by Crippen LogP contribution is 2.48. The van der Waals surface area contributed by atoms with Gasteiger partial charge in [-0.3, -0.25) is 14.3 Å². The molecule has 3 aliphatic heterocycles. The van der Waals surface area contributed by atoms with Crippen molar-refractivity contribution in [1.29, 1.82) is 0 Å². The minimum Gasteiger partial charge on any atom is -0.512 e. The van der Waals surface area contributed by atoms with E-state index in [-0.39, 0.29) is 83.3 Å². The van der Waals surface area contributed by atoms with Crippen molar-refractivity contribution in [2.75, 3.05) is 30.9 Å². The molecular formula is C130H170N2O17S. The van der Waals surface area contributed by atoms with Crippen molar-refractivity contribution in [3.8, 4) is 0 Å². The Morgan fingerprint density at radius 1 is 0.387 bits per heavy atom. The number of hydrogen-bond acceptors (Lipinski definition) is 18. The highest BCUT2D eigenvalue weighted by Gasteiger charge is 2.48. The van der Waals surface area contributed by atoms with E-state index in [4.69, 9.17) is 29.4 Å². The second-order valence-corrected chi connectivity index (χ2v) is 43.5. The van der Waals surface area contributed by atoms with E-state index in [1.165, 1.54) is 38.9 Å². The summed E-state index contributed by atoms with van der Waals surface area (Å²) in [6.45, 7) is 26.7. The van der Waals surface area contributed by atoms with Crippen molar-refractivity contribution < 1.29 is 81.6 Å². The molecule has 0 aliphatic carbocycles. The number of benzene rings is 10. The summed E-state index contributed by atoms with van der Waals surface area (Å²) in [5.41, 5.74) is 18.7. The van der Waals surface area contributed by atoms with Gasteiger partial charge < -0.3 is 55.0 Å². The highest BCUT2D eigenvalue weighted by molar-refractivity contribution is 7.92. The van der Waals surface area contributed by atoms with Crippen molar-refractivity contribution in [3.05, 3.63) is 379 Å². The second-order valence-electron chi connectivity index (χ2n) is 41.8. The third-order valence-electron chi connectivity index (χ3n) is 29.7. The lowest BCUT2D eigenvalue weighted by atomic mass is 9.76. The van der Waals surface area contributed by atoms with Crippen molar-refractivity contribution in [2.24, 2.45) is 5.92 Å². The number of ether oxygens (including phenoxy) is 5. The number of carbonyl (C=O) groups is 5. The van der Waals surface area contributed by atoms with Crippen LogP contribution >= 0.6 is 0 Å². The lowest BCUT2D eigenvalue weighted by molar-refractivity contribution is -0.164. The quantitative estimate of drug-likeness (QED) is 0.00806. The lowest BCUT2D eigenvalue weighted by Crippen LogP contribution is -2.41. The average Bonchev–Trinajstić information content (AvgIpc) is 0.775. The molecule has 19 nitrogen and oxygen atoms in total. The number of methoxy groups -OCH3 is 2. The number of Topliss-reactive ketones (excluding diaryl/α,β-unsaturated/α-hetero) is 2. The second kappa shape index (κ2) is 60.3. The standard InChI is InChI=1S/C28H40O4.C26H33NO5S.C26H32O3.C25H31NO3.C25H34O2/c1-6-17-28(30,18-16-22-13-9-8-10-14-22)20-25(29)26(27(31-4)32-5)24(7-2)23-15-11-12-21(3)19-23;1-4-15-26(16-14-19-10-7-6-8-11-19)18-23(28)24(25(29)32-26)22(5-2)20-12-9-13-21(17-20)27-33(3,30)31;1-4-15-26(16-14-20-11-7-6-8-12-20)18-23(27)24(25(28)29-26)22(5-2)21-13-9-10-19(3)17-21;1-3-14-25(15-13-18-9-6-5-7-10-18)17-22(27)23(24(28)29-25)21(4-2)19-11-8-12-20(26)16-19;1-4-15-25(27,16-14-21-11-7-6-8-12-21)19-24(26)18-22(5-2)23-13-9-10-20(3)17-23/h8-15,19,24,26-27,30H,6-7,16-18,20H2,1-5H3;6-13,17,22,27-28H,4-5,14-16,18H2,1-3H3;6-13,17,22,27H,4-5,14-16,18H2,1-3H3;5-12,16,21,27H,3-4,13-15,17,26H2,1-2H3;6-13,17,22,27H,4-5,14-16,18-19H2,1-3H3/t24-,26?,28-;2*22-,26-;21-,25-;22-,25+/m00001/s1. The van der Waals surface area contributed by atoms with E-state index < -0.39 is 68.1 Å². The molecule has 10 aromatic carbocycles. The zero-order chi connectivity index (χ0) is 109. The predicted octanol–water partition coefficient (Wildman–Crippen LogP) is 29.4. The Hall–Kier alpha value is -12.0. The number of ketones is 2. The summed E-state index contributed by atoms with van der Waals surface area (Å²) in [7, 11) is -0.278. The van der Waals surface area contributed by atoms with Gasteiger partial charge in [-0.25, -0.2) is 22.8 Å². The molecule has 0 bridgehead atoms. The van der Waals surface area contributed by atoms with Crippen LogP contribution < -0.4 is 10.5 Å². The number of hydrogen-bond donors (Lipinski definition) is 7. The van der Waals surface area contributed by atoms with E-state index in [9.17, 15) is 57.9 Å². The van der Waals surface area contributed by atoms with E-state index in [0.717, 1.165) is 142 Å². The number of nitrogen functional groups attached to an aromatic ring is 1. The number of cyclic esters (lactones) is 3. The molecule has 1 unspecified atom stereocenters. The normalized spacial score (nSPS) is 18.1. The fourth-order valence-corrected chi connectivity index (χ4v) is 22.9. The van der Waals surface area contributed by atoms with E-state index in [0.29, 0.717) is 99.6 Å². The van der Waals surface area contributed by atoms with Gasteiger partial charge in [0.2, 0.25) is 10.0 Å². The van der Waals surface area contributed by atoms with Crippen molar-refractivity contribution in [3.63, 3.8) is 0 Å². The summed E-state index contributed by atoms with van der Waals surface area (Å²) in [5, 5.41) is 55.7. The first-order chi connectivity index (χ1) is 71.9. The molecule has 8 N–H and O–H groups in total. The summed E-state index contributed by atoms with van der Waals surface area (Å²) >= 11 is 0. The molecule has 0 amide bonds. The summed E-state index contributed by atoms with van der Waals surface area (Å²) in [6.07, 6.45) is 21.0. The first kappa shape index (κ1) is 121. The Morgan fingerprint density at radius 3 is 1.04 bits per heavy atom. The van der Waals surface area contributed by atoms with Crippen LogP contribution in [0.1, 0.15) is 338 Å². The molecule has 10 aromatic rings. The predicted molar refractivity (Wildman–Crippen MR) is 607 cm³/mol. The number of rotatable bonds is 51. The molecule has 20 heteroatoms. The van der Waals surface area contributed by atoms with Crippen LogP contribution in [0, 0.1) is 26.7 Å². The van der Waals surface area contributed by atoms with Crippen LogP contribution in [0.2, 0.25) is 0 Å². The van der Waals surface area contributed by atoms with Gasteiger partial charge in [0.15, 0.2) is 6.29 Å². The summed E-state index contributed by atoms with van der Waals surface area (Å²) in [6, 6.07) is 90.1. The number of carbonyl (C=O) groups excluding carboxylic acids is 5. The third kappa shape index (κ3) is 36.9. The van der Waals surface area contributed by atoms with Gasteiger partial charge in [0.05, 0.1) is 40.1 Å². The van der Waals surface area contributed by atoms with E-state index in [1.807, 2.05) is 187 Å². The van der Waals surface area contributed by atoms with E-state index >= 15 is 0 Å². The zero-order valence-electron chi connectivity index (χ0n) is 92.1. The number of aliphatic hydroxyl groups excluding tert-OH is 3. The summed E-state index contributed by atoms with van der Waals surface area (Å²) in [5.74, 6) is -1.70. The number of esters is 3. The Labute approximate surface area is 895 Å². The van der Waals surface area contributed by atoms with Gasteiger partial charge in [-0.05, 0) is 241 Å². The first-order valence-electron chi connectivity index (χ1n) is 54.8. The van der Waals surface area contributed by atoms with Gasteiger partial charge in [0, 0.05) is 81.9 Å². The topological polar surface area (TPSA) is 305 Å². The number of anilines is 2. The van der Waals surface area contributed by atoms with Crippen LogP contribution in [0.25, 0.3) is 0 Å². The van der Waals surface area contributed by atoms with Gasteiger partial charge in [-0.2, -0.15) is 0 Å². The van der Waals surface area contributed by atoms with Crippen LogP contribution in [0.3, 0.4) is 0 Å². The molecule has 3 aliphatic rings. The van der Waals surface area contributed by atoms with Gasteiger partial charge in [0.25, 0.3) is 0 Å². The molecule has 808 valence electrons. The minimum absolute atomic E-state index is 0.00364. The Kier molecular flexibility index (Phi) is 48.8. The van der Waals surface area contributed by atoms with Crippen LogP contribution in [-0.4, -0.2) is 118 Å². The Morgan fingerprint density at radius 2 is 0.713 bits per heavy atom. The average molecular weight is 2060 g/mol. The highest BCUT2D eigenvalue weighted by atomic mass is 32.2. The molecule has 0 radical (unpaired) electrons. The third-order valence-corrected chi connectivity index (χ3v) is 30.3. The summed E-state index contributed by atoms with van der Waals surface area (Å²) in [4.78, 5) is 66.0. The molecule has 13 rings (SSSR count). The van der Waals surface area contributed by atoms with Crippen molar-refractivity contribution >= 4 is 50.9 Å². The molecule has 11 atom stereocenters. The number of aryl methyl sites for hydroxylation is 8. The largest absolute Gasteiger partial charge is 0.512 e. The lowest BCUT2D eigenvalue weighted by Gasteiger charge is -2.38. The zero-order valence-corrected chi connectivity index (χ0v) is 92.9. The monoisotopic (exact) mass is 2060 g/mol.